The number of halogens is 2. The fourth-order valence-electron chi connectivity index (χ4n) is 5.35. The second-order valence-electron chi connectivity index (χ2n) is 9.69. The molecule has 3 aromatic rings. The van der Waals surface area contributed by atoms with Crippen LogP contribution < -0.4 is 14.6 Å². The van der Waals surface area contributed by atoms with Gasteiger partial charge in [-0.2, -0.15) is 11.5 Å². The van der Waals surface area contributed by atoms with E-state index in [1.165, 1.54) is 44.5 Å². The van der Waals surface area contributed by atoms with Gasteiger partial charge in [0.05, 0.1) is 0 Å². The van der Waals surface area contributed by atoms with Gasteiger partial charge in [-0.05, 0) is 88.8 Å². The van der Waals surface area contributed by atoms with E-state index in [2.05, 4.69) is 119 Å². The Hall–Kier alpha value is -2.14. The van der Waals surface area contributed by atoms with Crippen LogP contribution in [0.15, 0.2) is 54.9 Å². The Balaban J connectivity index is 2.01. The van der Waals surface area contributed by atoms with Gasteiger partial charge in [-0.1, -0.05) is 59.1 Å². The van der Waals surface area contributed by atoms with Gasteiger partial charge in [-0.15, -0.1) is 11.1 Å². The molecule has 6 heteroatoms. The lowest BCUT2D eigenvalue weighted by Gasteiger charge is -2.42. The summed E-state index contributed by atoms with van der Waals surface area (Å²) in [6.45, 7) is 17.3. The van der Waals surface area contributed by atoms with Crippen LogP contribution >= 0.6 is 22.5 Å². The van der Waals surface area contributed by atoms with E-state index in [1.54, 1.807) is 0 Å². The Morgan fingerprint density at radius 2 is 0.971 bits per heavy atom. The molecule has 0 saturated carbocycles. The number of para-hydroxylation sites is 2. The Labute approximate surface area is 216 Å². The highest BCUT2D eigenvalue weighted by atomic mass is 35.6. The summed E-state index contributed by atoms with van der Waals surface area (Å²) in [4.78, 5) is 0. The zero-order valence-corrected chi connectivity index (χ0v) is 23.9. The molecular formula is C28H33BCl2N2Si. The molecule has 2 nitrogen and oxygen atoms in total. The monoisotopic (exact) mass is 506 g/mol. The summed E-state index contributed by atoms with van der Waals surface area (Å²) in [5.41, 5.74) is 12.8. The van der Waals surface area contributed by atoms with Crippen molar-refractivity contribution < 1.29 is 0 Å². The minimum Gasteiger partial charge on any atom is -0.347 e. The first-order chi connectivity index (χ1) is 16.0. The molecule has 0 bridgehead atoms. The van der Waals surface area contributed by atoms with Crippen molar-refractivity contribution in [3.05, 3.63) is 99.4 Å². The van der Waals surface area contributed by atoms with Gasteiger partial charge >= 0.3 is 13.3 Å². The molecule has 0 unspecified atom stereocenters. The number of hydrogen-bond donors (Lipinski definition) is 0. The molecule has 0 saturated heterocycles. The topological polar surface area (TPSA) is 6.48 Å². The Bertz CT molecular complexity index is 1180. The van der Waals surface area contributed by atoms with Crippen LogP contribution in [0.2, 0.25) is 0 Å². The number of nitrogens with zero attached hydrogens (tertiary/aromatic N) is 2. The van der Waals surface area contributed by atoms with E-state index < -0.39 is 7.58 Å². The largest absolute Gasteiger partial charge is 0.356 e. The van der Waals surface area contributed by atoms with E-state index >= 15 is 0 Å². The average Bonchev–Trinajstić information content (AvgIpc) is 3.10. The van der Waals surface area contributed by atoms with Gasteiger partial charge in [-0.25, -0.2) is 0 Å². The van der Waals surface area contributed by atoms with E-state index in [1.807, 2.05) is 0 Å². The zero-order chi connectivity index (χ0) is 24.9. The maximum absolute atomic E-state index is 7.99. The molecule has 0 amide bonds. The fourth-order valence-corrected chi connectivity index (χ4v) is 10.9. The number of anilines is 2. The lowest BCUT2D eigenvalue weighted by Crippen LogP contribution is -2.69. The summed E-state index contributed by atoms with van der Waals surface area (Å²) < 4.78 is 4.61. The van der Waals surface area contributed by atoms with Crippen molar-refractivity contribution in [1.82, 2.24) is 0 Å². The standard InChI is InChI=1S/C28H33BCl2N2Si/c1-18-11-9-12-19(2)27(18)32-15-16-33(28-20(3)13-10-14-21(28)4)34(32,31)29(30)26-24(7)22(5)17-23(6)25(26)8/h9-17H,1-8H3. The molecule has 1 heterocycles. The van der Waals surface area contributed by atoms with E-state index in [0.717, 1.165) is 16.8 Å². The van der Waals surface area contributed by atoms with Crippen LogP contribution in [0.1, 0.15) is 44.5 Å². The van der Waals surface area contributed by atoms with E-state index in [-0.39, 0.29) is 5.72 Å². The van der Waals surface area contributed by atoms with Gasteiger partial charge in [0.25, 0.3) is 0 Å². The summed E-state index contributed by atoms with van der Waals surface area (Å²) in [7, 11) is -3.11. The van der Waals surface area contributed by atoms with Gasteiger partial charge in [0.15, 0.2) is 0 Å². The lowest BCUT2D eigenvalue weighted by atomic mass is 9.80. The maximum Gasteiger partial charge on any atom is 0.356 e. The molecule has 1 aliphatic heterocycles. The molecular weight excluding hydrogens is 474 g/mol. The van der Waals surface area contributed by atoms with Crippen LogP contribution in [-0.4, -0.2) is 13.3 Å². The highest BCUT2D eigenvalue weighted by molar-refractivity contribution is 7.69. The maximum atomic E-state index is 7.99. The molecule has 0 fully saturated rings. The molecule has 0 aromatic heterocycles. The Morgan fingerprint density at radius 3 is 1.32 bits per heavy atom. The van der Waals surface area contributed by atoms with Crippen LogP contribution in [0, 0.1) is 55.4 Å². The summed E-state index contributed by atoms with van der Waals surface area (Å²) in [5, 5.41) is 0. The fraction of sp³-hybridized carbons (Fsp3) is 0.286. The molecule has 3 aromatic carbocycles. The highest BCUT2D eigenvalue weighted by Gasteiger charge is 2.58. The first kappa shape index (κ1) is 25.0. The van der Waals surface area contributed by atoms with Crippen molar-refractivity contribution in [3.8, 4) is 0 Å². The van der Waals surface area contributed by atoms with Crippen molar-refractivity contribution >= 4 is 52.7 Å². The van der Waals surface area contributed by atoms with Gasteiger partial charge in [0.2, 0.25) is 0 Å². The Kier molecular flexibility index (Phi) is 6.72. The molecule has 0 atom stereocenters. The summed E-state index contributed by atoms with van der Waals surface area (Å²) in [6, 6.07) is 15.1. The summed E-state index contributed by atoms with van der Waals surface area (Å²) >= 11 is 15.6. The molecule has 0 spiro atoms. The van der Waals surface area contributed by atoms with Crippen LogP contribution in [0.3, 0.4) is 0 Å². The van der Waals surface area contributed by atoms with E-state index in [9.17, 15) is 0 Å². The minimum absolute atomic E-state index is 0.374. The summed E-state index contributed by atoms with van der Waals surface area (Å²) in [6.07, 6.45) is 4.28. The SMILES string of the molecule is Cc1cc(C)c(C)c(B(Cl)[Si]2(Cl)N(c3c(C)cccc3C)C=CN2c2c(C)cccc2C)c1C. The van der Waals surface area contributed by atoms with Crippen molar-refractivity contribution in [2.45, 2.75) is 55.4 Å². The van der Waals surface area contributed by atoms with Crippen LogP contribution in [0.4, 0.5) is 11.4 Å². The lowest BCUT2D eigenvalue weighted by molar-refractivity contribution is 1.26. The first-order valence-corrected chi connectivity index (χ1v) is 15.2. The first-order valence-electron chi connectivity index (χ1n) is 11.8. The third-order valence-electron chi connectivity index (χ3n) is 7.40. The van der Waals surface area contributed by atoms with Crippen molar-refractivity contribution in [2.24, 2.45) is 0 Å². The third-order valence-corrected chi connectivity index (χ3v) is 13.6. The number of hydrogen-bond acceptors (Lipinski definition) is 2. The second-order valence-corrected chi connectivity index (χ2v) is 15.0. The van der Waals surface area contributed by atoms with Gasteiger partial charge < -0.3 is 9.13 Å². The molecule has 1 aliphatic rings. The van der Waals surface area contributed by atoms with Crippen LogP contribution in [-0.2, 0) is 0 Å². The average molecular weight is 507 g/mol. The molecule has 34 heavy (non-hydrogen) atoms. The molecule has 0 radical (unpaired) electrons. The van der Waals surface area contributed by atoms with Gasteiger partial charge in [0, 0.05) is 23.8 Å². The Morgan fingerprint density at radius 1 is 0.618 bits per heavy atom. The molecule has 4 rings (SSSR count). The zero-order valence-electron chi connectivity index (χ0n) is 21.4. The molecule has 0 N–H and O–H groups in total. The van der Waals surface area contributed by atoms with Crippen molar-refractivity contribution in [2.75, 3.05) is 9.13 Å². The molecule has 176 valence electrons. The van der Waals surface area contributed by atoms with E-state index in [4.69, 9.17) is 22.5 Å². The second kappa shape index (κ2) is 9.14. The normalized spacial score (nSPS) is 14.8. The number of benzene rings is 3. The minimum atomic E-state index is -3.11. The van der Waals surface area contributed by atoms with Crippen molar-refractivity contribution in [1.29, 1.82) is 0 Å². The van der Waals surface area contributed by atoms with Gasteiger partial charge in [0.1, 0.15) is 0 Å². The molecule has 0 aliphatic carbocycles. The summed E-state index contributed by atoms with van der Waals surface area (Å²) in [5.74, 6) is 0. The van der Waals surface area contributed by atoms with Crippen LogP contribution in [0.5, 0.6) is 0 Å². The van der Waals surface area contributed by atoms with Gasteiger partial charge in [-0.3, -0.25) is 0 Å². The smallest absolute Gasteiger partial charge is 0.347 e. The number of aryl methyl sites for hydroxylation is 6. The highest BCUT2D eigenvalue weighted by Crippen LogP contribution is 2.43. The van der Waals surface area contributed by atoms with E-state index in [0.29, 0.717) is 0 Å². The van der Waals surface area contributed by atoms with Crippen LogP contribution in [0.25, 0.3) is 0 Å². The quantitative estimate of drug-likeness (QED) is 0.269. The number of rotatable bonds is 4. The third kappa shape index (κ3) is 3.80. The van der Waals surface area contributed by atoms with Crippen molar-refractivity contribution in [3.63, 3.8) is 0 Å². The predicted octanol–water partition coefficient (Wildman–Crippen LogP) is 7.35. The predicted molar refractivity (Wildman–Crippen MR) is 154 cm³/mol.